The van der Waals surface area contributed by atoms with Gasteiger partial charge in [-0.2, -0.15) is 15.4 Å². The van der Waals surface area contributed by atoms with E-state index < -0.39 is 17.3 Å². The third-order valence-electron chi connectivity index (χ3n) is 17.3. The maximum Gasteiger partial charge on any atom is 0.251 e. The largest absolute Gasteiger partial charge is 0.481 e. The number of amides is 3. The van der Waals surface area contributed by atoms with Crippen molar-refractivity contribution in [3.63, 3.8) is 0 Å². The van der Waals surface area contributed by atoms with Crippen LogP contribution in [0.5, 0.6) is 5.88 Å². The topological polar surface area (TPSA) is 275 Å². The van der Waals surface area contributed by atoms with Crippen LogP contribution in [-0.2, 0) is 56.4 Å². The van der Waals surface area contributed by atoms with Crippen LogP contribution in [0.2, 0.25) is 0 Å². The van der Waals surface area contributed by atoms with Crippen LogP contribution in [0.3, 0.4) is 0 Å². The minimum atomic E-state index is -0.854. The zero-order valence-electron chi connectivity index (χ0n) is 73.5. The zero-order valence-corrected chi connectivity index (χ0v) is 73.5. The first-order valence-corrected chi connectivity index (χ1v) is 38.4. The van der Waals surface area contributed by atoms with Crippen LogP contribution >= 0.6 is 0 Å². The van der Waals surface area contributed by atoms with Gasteiger partial charge in [-0.05, 0) is 183 Å². The molecule has 9 N–H and O–H groups in total. The standard InChI is InChI=1S/2C12H15NO.C11H14FNO.2C11H14N2.C10H15NO.C9H13NO.C9H16O.C6H11N3.C2H6/c2*1-12(2,3)9-5-4-8-7-13-11(14)10(8)6-9;1-11(2,3)7-4-5-9(12)8(6-7)10(13)14;2*1-11(2,3)9-6-8-4-5-12-10(8)13-7-9;1-10(2,3)8-5-6-11-9(7-8)12-4;1-9(2,3)7-4-5-10-8(11)6-7;1-8(2,3)6-7-9(4,5)10;1-6(2,3)5-4-7-9-8-5;1-2/h2*4-6H,7H2,1-3H3,(H,13,14);4-6H,1-3H3,(H2,13,14);2*4-7H,1-3H3,(H,12,13);5-7H,1-4H3;4-6H,1-3H3,(H,10,11);10H,1-5H3;4H,1-3H3,(H,7,8,9);1-2H3. The van der Waals surface area contributed by atoms with Crippen LogP contribution in [-0.4, -0.2) is 80.9 Å². The molecule has 2 aliphatic rings. The number of halogens is 1. The number of rotatable bonds is 2. The Morgan fingerprint density at radius 2 is 0.848 bits per heavy atom. The summed E-state index contributed by atoms with van der Waals surface area (Å²) in [5.74, 6) is 5.24. The lowest BCUT2D eigenvalue weighted by atomic mass is 9.85. The molecule has 12 rings (SSSR count). The monoisotopic (exact) mass is 1530 g/mol. The fourth-order valence-electron chi connectivity index (χ4n) is 10.0. The number of ether oxygens (including phenoxy) is 1. The second kappa shape index (κ2) is 39.9. The van der Waals surface area contributed by atoms with Crippen LogP contribution in [0, 0.1) is 23.1 Å². The van der Waals surface area contributed by atoms with Crippen molar-refractivity contribution in [2.24, 2.45) is 11.1 Å². The number of benzene rings is 3. The van der Waals surface area contributed by atoms with E-state index in [2.05, 4.69) is 250 Å². The van der Waals surface area contributed by atoms with Gasteiger partial charge in [-0.1, -0.05) is 222 Å². The lowest BCUT2D eigenvalue weighted by Crippen LogP contribution is -2.17. The highest BCUT2D eigenvalue weighted by molar-refractivity contribution is 5.99. The van der Waals surface area contributed by atoms with Gasteiger partial charge in [-0.15, -0.1) is 0 Å². The van der Waals surface area contributed by atoms with Gasteiger partial charge in [-0.25, -0.2) is 19.3 Å². The number of fused-ring (bicyclic) bond motifs is 4. The smallest absolute Gasteiger partial charge is 0.251 e. The molecule has 0 bridgehead atoms. The molecule has 0 radical (unpaired) electrons. The molecule has 0 aliphatic carbocycles. The summed E-state index contributed by atoms with van der Waals surface area (Å²) < 4.78 is 18.1. The number of nitrogens with one attached hydrogen (secondary N) is 6. The molecule has 0 atom stereocenters. The van der Waals surface area contributed by atoms with Crippen molar-refractivity contribution >= 4 is 39.8 Å². The zero-order chi connectivity index (χ0) is 85.6. The van der Waals surface area contributed by atoms with Gasteiger partial charge in [0, 0.05) is 95.1 Å². The second-order valence-corrected chi connectivity index (χ2v) is 37.4. The number of primary amides is 1. The molecule has 0 spiro atoms. The van der Waals surface area contributed by atoms with Gasteiger partial charge in [0.1, 0.15) is 22.7 Å². The highest BCUT2D eigenvalue weighted by Gasteiger charge is 2.26. The van der Waals surface area contributed by atoms with Gasteiger partial charge in [0.25, 0.3) is 17.7 Å². The Bertz CT molecular complexity index is 4560. The molecule has 2 aliphatic heterocycles. The number of carbonyl (C=O) groups excluding carboxylic acids is 3. The Hall–Kier alpha value is -10.1. The van der Waals surface area contributed by atoms with Crippen molar-refractivity contribution in [3.8, 4) is 17.7 Å². The number of carbonyl (C=O) groups is 3. The van der Waals surface area contributed by atoms with Gasteiger partial charge in [0.2, 0.25) is 11.4 Å². The lowest BCUT2D eigenvalue weighted by Gasteiger charge is -2.19. The quantitative estimate of drug-likeness (QED) is 0.0754. The van der Waals surface area contributed by atoms with Crippen LogP contribution in [0.1, 0.15) is 301 Å². The molecule has 112 heavy (non-hydrogen) atoms. The summed E-state index contributed by atoms with van der Waals surface area (Å²) in [4.78, 5) is 66.1. The predicted octanol–water partition coefficient (Wildman–Crippen LogP) is 20.4. The molecule has 7 aromatic heterocycles. The highest BCUT2D eigenvalue weighted by atomic mass is 19.1. The van der Waals surface area contributed by atoms with Crippen molar-refractivity contribution in [1.82, 2.24) is 55.9 Å². The van der Waals surface area contributed by atoms with Crippen molar-refractivity contribution in [1.29, 1.82) is 0 Å². The Kier molecular flexibility index (Phi) is 34.3. The van der Waals surface area contributed by atoms with E-state index in [9.17, 15) is 28.7 Å². The fourth-order valence-corrected chi connectivity index (χ4v) is 10.0. The molecule has 0 fully saturated rings. The molecule has 18 nitrogen and oxygen atoms in total. The first kappa shape index (κ1) is 96.1. The number of pyridine rings is 4. The maximum atomic E-state index is 13.1. The van der Waals surface area contributed by atoms with Crippen molar-refractivity contribution in [2.45, 2.75) is 277 Å². The Balaban J connectivity index is 0.000000326. The molecule has 10 aromatic rings. The van der Waals surface area contributed by atoms with E-state index in [1.54, 1.807) is 51.7 Å². The van der Waals surface area contributed by atoms with Crippen LogP contribution in [0.4, 0.5) is 4.39 Å². The molecule has 0 saturated carbocycles. The van der Waals surface area contributed by atoms with E-state index in [1.165, 1.54) is 50.7 Å². The second-order valence-electron chi connectivity index (χ2n) is 37.4. The number of aliphatic hydroxyl groups is 1. The maximum absolute atomic E-state index is 13.1. The summed E-state index contributed by atoms with van der Waals surface area (Å²) in [7, 11) is 1.63. The Morgan fingerprint density at radius 1 is 0.455 bits per heavy atom. The Morgan fingerprint density at radius 3 is 1.18 bits per heavy atom. The van der Waals surface area contributed by atoms with Gasteiger partial charge in [0.05, 0.1) is 24.6 Å². The van der Waals surface area contributed by atoms with Crippen molar-refractivity contribution in [3.05, 3.63) is 235 Å². The fraction of sp³-hybridized carbons (Fsp3) is 0.473. The number of hydrogen-bond acceptors (Lipinski definition) is 11. The number of H-pyrrole nitrogens is 4. The lowest BCUT2D eigenvalue weighted by molar-refractivity contribution is 0.0957. The Labute approximate surface area is 668 Å². The van der Waals surface area contributed by atoms with Crippen molar-refractivity contribution in [2.75, 3.05) is 7.11 Å². The molecule has 0 unspecified atom stereocenters. The van der Waals surface area contributed by atoms with Crippen LogP contribution < -0.4 is 26.7 Å². The van der Waals surface area contributed by atoms with Gasteiger partial charge in [0.15, 0.2) is 0 Å². The molecule has 19 heteroatoms. The minimum Gasteiger partial charge on any atom is -0.481 e. The van der Waals surface area contributed by atoms with Crippen molar-refractivity contribution < 1.29 is 28.6 Å². The van der Waals surface area contributed by atoms with Gasteiger partial charge in [-0.3, -0.25) is 19.2 Å². The van der Waals surface area contributed by atoms with Crippen LogP contribution in [0.25, 0.3) is 22.1 Å². The SMILES string of the molecule is CC.CC(C)(C)C#CC(C)(C)O.CC(C)(C)c1cc[nH]c(=O)c1.CC(C)(C)c1ccc(F)c(C(N)=O)c1.CC(C)(C)c1ccc2c(c1)C(=O)NC2.CC(C)(C)c1ccc2c(c1)C(=O)NC2.CC(C)(C)c1cn[nH]n1.CC(C)(C)c1cnc2[nH]ccc2c1.CC(C)(C)c1cnc2[nH]ccc2c1.COc1cc(C(C)(C)C)ccn1. The number of nitrogens with two attached hydrogens (primary N) is 1. The molecule has 3 amide bonds. The molecule has 0 saturated heterocycles. The number of nitrogens with zero attached hydrogens (tertiary/aromatic N) is 5. The molecular weight excluding hydrogens is 1400 g/mol. The minimum absolute atomic E-state index is 0.0139. The van der Waals surface area contributed by atoms with E-state index in [0.717, 1.165) is 50.4 Å². The van der Waals surface area contributed by atoms with Gasteiger partial charge >= 0.3 is 0 Å². The number of aromatic nitrogens is 9. The van der Waals surface area contributed by atoms with E-state index >= 15 is 0 Å². The molecule has 3 aromatic carbocycles. The average molecular weight is 1530 g/mol. The highest BCUT2D eigenvalue weighted by Crippen LogP contribution is 2.31. The average Bonchev–Trinajstić information content (AvgIpc) is 1.66. The summed E-state index contributed by atoms with van der Waals surface area (Å²) in [6.45, 7) is 65.9. The van der Waals surface area contributed by atoms with E-state index in [-0.39, 0.29) is 71.7 Å². The third-order valence-corrected chi connectivity index (χ3v) is 17.3. The molecular formula is C93H133FN12O6. The first-order chi connectivity index (χ1) is 51.3. The molecule has 9 heterocycles. The summed E-state index contributed by atoms with van der Waals surface area (Å²) in [6.07, 6.45) is 12.9. The first-order valence-electron chi connectivity index (χ1n) is 38.4. The summed E-state index contributed by atoms with van der Waals surface area (Å²) >= 11 is 0. The number of aromatic amines is 4. The van der Waals surface area contributed by atoms with E-state index in [4.69, 9.17) is 10.5 Å². The summed E-state index contributed by atoms with van der Waals surface area (Å²) in [6, 6.07) is 32.9. The van der Waals surface area contributed by atoms with E-state index in [1.807, 2.05) is 123 Å². The van der Waals surface area contributed by atoms with E-state index in [0.29, 0.717) is 19.0 Å². The summed E-state index contributed by atoms with van der Waals surface area (Å²) in [5.41, 5.74) is 20.0. The van der Waals surface area contributed by atoms with Gasteiger partial charge < -0.3 is 41.2 Å². The number of methoxy groups -OCH3 is 1. The van der Waals surface area contributed by atoms with Crippen LogP contribution in [0.15, 0.2) is 151 Å². The normalized spacial score (nSPS) is 12.5. The predicted molar refractivity (Wildman–Crippen MR) is 461 cm³/mol. The summed E-state index contributed by atoms with van der Waals surface area (Å²) in [5, 5.41) is 27.5. The number of hydrogen-bond donors (Lipinski definition) is 8. The molecule has 608 valence electrons. The third kappa shape index (κ3) is 32.7.